The van der Waals surface area contributed by atoms with Crippen LogP contribution in [0.15, 0.2) is 29.2 Å². The third-order valence-corrected chi connectivity index (χ3v) is 5.15. The van der Waals surface area contributed by atoms with Crippen molar-refractivity contribution in [3.05, 3.63) is 41.8 Å². The molecule has 3 rings (SSSR count). The molecule has 1 aliphatic carbocycles. The maximum atomic E-state index is 12.2. The molecule has 1 aliphatic rings. The molecule has 1 N–H and O–H groups in total. The summed E-state index contributed by atoms with van der Waals surface area (Å²) in [6.07, 6.45) is 7.01. The highest BCUT2D eigenvalue weighted by molar-refractivity contribution is 7.88. The van der Waals surface area contributed by atoms with Gasteiger partial charge in [0.05, 0.1) is 5.69 Å². The van der Waals surface area contributed by atoms with Crippen LogP contribution in [0, 0.1) is 0 Å². The maximum Gasteiger partial charge on any atom is 0.217 e. The molecule has 1 fully saturated rings. The lowest BCUT2D eigenvalue weighted by atomic mass is 9.90. The van der Waals surface area contributed by atoms with E-state index < -0.39 is 15.4 Å². The van der Waals surface area contributed by atoms with Gasteiger partial charge in [-0.2, -0.15) is 0 Å². The molecule has 2 aromatic rings. The minimum Gasteiger partial charge on any atom is -0.361 e. The van der Waals surface area contributed by atoms with Crippen LogP contribution in [0.4, 0.5) is 0 Å². The minimum absolute atomic E-state index is 0.181. The van der Waals surface area contributed by atoms with Gasteiger partial charge < -0.3 is 4.52 Å². The molecule has 8 heteroatoms. The minimum atomic E-state index is -3.49. The van der Waals surface area contributed by atoms with E-state index in [9.17, 15) is 8.42 Å². The molecule has 0 aliphatic heterocycles. The van der Waals surface area contributed by atoms with Crippen LogP contribution in [-0.4, -0.2) is 30.1 Å². The first-order valence-corrected chi connectivity index (χ1v) is 9.20. The Morgan fingerprint density at radius 2 is 2.13 bits per heavy atom. The Labute approximate surface area is 135 Å². The Hall–Kier alpha value is -1.80. The molecule has 1 saturated carbocycles. The van der Waals surface area contributed by atoms with E-state index in [0.29, 0.717) is 11.6 Å². The van der Waals surface area contributed by atoms with E-state index >= 15 is 0 Å². The number of sulfonamides is 1. The van der Waals surface area contributed by atoms with Crippen LogP contribution < -0.4 is 4.72 Å². The van der Waals surface area contributed by atoms with Gasteiger partial charge in [0.15, 0.2) is 0 Å². The summed E-state index contributed by atoms with van der Waals surface area (Å²) >= 11 is 0. The van der Waals surface area contributed by atoms with Gasteiger partial charge in [-0.05, 0) is 12.8 Å². The van der Waals surface area contributed by atoms with Gasteiger partial charge in [-0.25, -0.2) is 13.1 Å². The van der Waals surface area contributed by atoms with Gasteiger partial charge in [0.2, 0.25) is 10.0 Å². The van der Waals surface area contributed by atoms with E-state index in [1.807, 2.05) is 13.8 Å². The molecule has 2 heterocycles. The van der Waals surface area contributed by atoms with Crippen molar-refractivity contribution >= 4 is 10.0 Å². The average Bonchev–Trinajstić information content (AvgIpc) is 3.27. The third kappa shape index (κ3) is 4.14. The second-order valence-electron chi connectivity index (χ2n) is 6.55. The molecule has 124 valence electrons. The van der Waals surface area contributed by atoms with E-state index in [4.69, 9.17) is 4.52 Å². The second-order valence-corrected chi connectivity index (χ2v) is 8.36. The predicted octanol–water partition coefficient (Wildman–Crippen LogP) is 1.74. The Balaban J connectivity index is 1.61. The monoisotopic (exact) mass is 336 g/mol. The van der Waals surface area contributed by atoms with Gasteiger partial charge in [-0.1, -0.05) is 19.0 Å². The maximum absolute atomic E-state index is 12.2. The van der Waals surface area contributed by atoms with E-state index in [1.165, 1.54) is 0 Å². The van der Waals surface area contributed by atoms with Crippen LogP contribution in [0.5, 0.6) is 0 Å². The smallest absolute Gasteiger partial charge is 0.217 e. The SMILES string of the molecule is CC(C)(CNS(=O)(=O)Cc1cc(C2CC2)on1)c1cnccn1. The summed E-state index contributed by atoms with van der Waals surface area (Å²) in [7, 11) is -3.49. The number of rotatable bonds is 7. The van der Waals surface area contributed by atoms with Crippen LogP contribution >= 0.6 is 0 Å². The fraction of sp³-hybridized carbons (Fsp3) is 0.533. The molecule has 0 unspecified atom stereocenters. The van der Waals surface area contributed by atoms with Crippen molar-refractivity contribution in [1.82, 2.24) is 19.8 Å². The lowest BCUT2D eigenvalue weighted by Gasteiger charge is -2.23. The third-order valence-electron chi connectivity index (χ3n) is 3.89. The number of aromatic nitrogens is 3. The summed E-state index contributed by atoms with van der Waals surface area (Å²) in [6, 6.07) is 1.74. The van der Waals surface area contributed by atoms with Crippen molar-refractivity contribution in [2.45, 2.75) is 43.8 Å². The zero-order chi connectivity index (χ0) is 16.5. The summed E-state index contributed by atoms with van der Waals surface area (Å²) in [6.45, 7) is 4.07. The summed E-state index contributed by atoms with van der Waals surface area (Å²) in [5.41, 5.74) is 0.724. The number of hydrogen-bond donors (Lipinski definition) is 1. The van der Waals surface area contributed by atoms with Gasteiger partial charge in [-0.3, -0.25) is 9.97 Å². The van der Waals surface area contributed by atoms with Gasteiger partial charge >= 0.3 is 0 Å². The van der Waals surface area contributed by atoms with Crippen molar-refractivity contribution < 1.29 is 12.9 Å². The molecule has 0 bridgehead atoms. The topological polar surface area (TPSA) is 98.0 Å². The quantitative estimate of drug-likeness (QED) is 0.827. The molecule has 0 saturated heterocycles. The van der Waals surface area contributed by atoms with Crippen LogP contribution in [0.25, 0.3) is 0 Å². The number of nitrogens with one attached hydrogen (secondary N) is 1. The molecule has 0 aromatic carbocycles. The standard InChI is InChI=1S/C15H20N4O3S/c1-15(2,14-8-16-5-6-17-14)10-18-23(20,21)9-12-7-13(22-19-12)11-3-4-11/h5-8,11,18H,3-4,9-10H2,1-2H3. The molecule has 0 amide bonds. The van der Waals surface area contributed by atoms with Gasteiger partial charge in [-0.15, -0.1) is 0 Å². The Bertz CT molecular complexity index is 767. The second kappa shape index (κ2) is 6.01. The molecule has 0 spiro atoms. The first kappa shape index (κ1) is 16.1. The fourth-order valence-electron chi connectivity index (χ4n) is 2.23. The molecule has 2 aromatic heterocycles. The predicted molar refractivity (Wildman–Crippen MR) is 84.2 cm³/mol. The van der Waals surface area contributed by atoms with Crippen molar-refractivity contribution in [3.63, 3.8) is 0 Å². The Morgan fingerprint density at radius 1 is 1.35 bits per heavy atom. The first-order chi connectivity index (χ1) is 10.9. The molecular weight excluding hydrogens is 316 g/mol. The van der Waals surface area contributed by atoms with Gasteiger partial charge in [0.25, 0.3) is 0 Å². The molecule has 0 radical (unpaired) electrons. The van der Waals surface area contributed by atoms with Crippen LogP contribution in [0.2, 0.25) is 0 Å². The van der Waals surface area contributed by atoms with Crippen LogP contribution in [0.3, 0.4) is 0 Å². The van der Waals surface area contributed by atoms with Gasteiger partial charge in [0.1, 0.15) is 17.2 Å². The van der Waals surface area contributed by atoms with E-state index in [1.54, 1.807) is 24.7 Å². The summed E-state index contributed by atoms with van der Waals surface area (Å²) < 4.78 is 32.3. The molecule has 0 atom stereocenters. The first-order valence-electron chi connectivity index (χ1n) is 7.55. The van der Waals surface area contributed by atoms with E-state index in [0.717, 1.165) is 24.3 Å². The average molecular weight is 336 g/mol. The Morgan fingerprint density at radius 3 is 2.78 bits per heavy atom. The highest BCUT2D eigenvalue weighted by Gasteiger charge is 2.29. The lowest BCUT2D eigenvalue weighted by Crippen LogP contribution is -2.37. The zero-order valence-electron chi connectivity index (χ0n) is 13.2. The molecular formula is C15H20N4O3S. The summed E-state index contributed by atoms with van der Waals surface area (Å²) in [5.74, 6) is 1.03. The zero-order valence-corrected chi connectivity index (χ0v) is 14.0. The lowest BCUT2D eigenvalue weighted by molar-refractivity contribution is 0.379. The van der Waals surface area contributed by atoms with Crippen LogP contribution in [0.1, 0.15) is 49.8 Å². The fourth-order valence-corrected chi connectivity index (χ4v) is 3.44. The number of hydrogen-bond acceptors (Lipinski definition) is 6. The normalized spacial score (nSPS) is 15.7. The summed E-state index contributed by atoms with van der Waals surface area (Å²) in [5, 5.41) is 3.85. The Kier molecular flexibility index (Phi) is 4.20. The van der Waals surface area contributed by atoms with E-state index in [2.05, 4.69) is 19.8 Å². The van der Waals surface area contributed by atoms with Crippen molar-refractivity contribution in [2.24, 2.45) is 0 Å². The van der Waals surface area contributed by atoms with Crippen molar-refractivity contribution in [1.29, 1.82) is 0 Å². The highest BCUT2D eigenvalue weighted by Crippen LogP contribution is 2.40. The van der Waals surface area contributed by atoms with Crippen LogP contribution in [-0.2, 0) is 21.2 Å². The largest absolute Gasteiger partial charge is 0.361 e. The van der Waals surface area contributed by atoms with E-state index in [-0.39, 0.29) is 12.3 Å². The molecule has 7 nitrogen and oxygen atoms in total. The highest BCUT2D eigenvalue weighted by atomic mass is 32.2. The summed E-state index contributed by atoms with van der Waals surface area (Å²) in [4.78, 5) is 8.27. The van der Waals surface area contributed by atoms with Crippen molar-refractivity contribution in [2.75, 3.05) is 6.54 Å². The van der Waals surface area contributed by atoms with Crippen molar-refractivity contribution in [3.8, 4) is 0 Å². The van der Waals surface area contributed by atoms with Gasteiger partial charge in [0, 0.05) is 42.5 Å². The molecule has 23 heavy (non-hydrogen) atoms. The number of nitrogens with zero attached hydrogens (tertiary/aromatic N) is 3.